The van der Waals surface area contributed by atoms with Crippen LogP contribution in [0.1, 0.15) is 13.8 Å². The van der Waals surface area contributed by atoms with Crippen molar-refractivity contribution in [3.8, 4) is 0 Å². The molecule has 0 aliphatic heterocycles. The predicted molar refractivity (Wildman–Crippen MR) is 28.5 cm³/mol. The number of hydrogen-bond acceptors (Lipinski definition) is 0. The third-order valence-electron chi connectivity index (χ3n) is 0.289. The summed E-state index contributed by atoms with van der Waals surface area (Å²) in [6, 6.07) is 0. The van der Waals surface area contributed by atoms with E-state index >= 15 is 0 Å². The van der Waals surface area contributed by atoms with E-state index < -0.39 is 0 Å². The van der Waals surface area contributed by atoms with Crippen molar-refractivity contribution in [1.29, 1.82) is 0 Å². The molecule has 0 rings (SSSR count). The second-order valence-corrected chi connectivity index (χ2v) is 1.14. The van der Waals surface area contributed by atoms with Crippen LogP contribution < -0.4 is 0 Å². The van der Waals surface area contributed by atoms with E-state index in [-0.39, 0.29) is 0 Å². The van der Waals surface area contributed by atoms with E-state index in [4.69, 9.17) is 16.3 Å². The summed E-state index contributed by atoms with van der Waals surface area (Å²) in [5.41, 5.74) is 3.48. The second-order valence-electron chi connectivity index (χ2n) is 1.14. The van der Waals surface area contributed by atoms with Crippen LogP contribution in [0.15, 0.2) is 11.3 Å². The maximum atomic E-state index is 4.88. The Morgan fingerprint density at radius 2 is 1.71 bits per heavy atom. The fourth-order valence-electron chi connectivity index (χ4n) is 0. The molecule has 0 amide bonds. The molecule has 7 heavy (non-hydrogen) atoms. The summed E-state index contributed by atoms with van der Waals surface area (Å²) < 4.78 is 0. The molecule has 0 radical (unpaired) electrons. The Balaban J connectivity index is 0. The fourth-order valence-corrected chi connectivity index (χ4v) is 0. The normalized spacial score (nSPS) is 5.29. The topological polar surface area (TPSA) is 0 Å². The summed E-state index contributed by atoms with van der Waals surface area (Å²) in [6.07, 6.45) is 0. The molecule has 0 heterocycles. The summed E-state index contributed by atoms with van der Waals surface area (Å²) in [5.74, 6) is 0. The van der Waals surface area contributed by atoms with E-state index in [1.165, 1.54) is 0 Å². The summed E-state index contributed by atoms with van der Waals surface area (Å²) in [7, 11) is 4.76. The molecule has 0 bridgehead atoms. The third kappa shape index (κ3) is 21.4. The zero-order valence-electron chi connectivity index (χ0n) is 4.66. The van der Waals surface area contributed by atoms with Gasteiger partial charge in [0.05, 0.1) is 0 Å². The molecular weight excluding hydrogens is 161 g/mol. The zero-order valence-corrected chi connectivity index (χ0v) is 8.39. The summed E-state index contributed by atoms with van der Waals surface area (Å²) in [6.45, 7) is 8.69. The molecule has 0 nitrogen and oxygen atoms in total. The van der Waals surface area contributed by atoms with Crippen LogP contribution in [0.4, 0.5) is 0 Å². The molecule has 0 unspecified atom stereocenters. The Bertz CT molecular complexity index is 68.1. The van der Waals surface area contributed by atoms with Gasteiger partial charge in [-0.25, -0.2) is 6.58 Å². The van der Waals surface area contributed by atoms with Crippen LogP contribution in [0.3, 0.4) is 0 Å². The number of rotatable bonds is 0. The molecule has 0 saturated heterocycles. The molecule has 0 saturated carbocycles. The Labute approximate surface area is 59.0 Å². The van der Waals surface area contributed by atoms with E-state index in [2.05, 4.69) is 5.73 Å². The minimum absolute atomic E-state index is 0.847. The van der Waals surface area contributed by atoms with Crippen molar-refractivity contribution in [2.75, 3.05) is 0 Å². The van der Waals surface area contributed by atoms with Gasteiger partial charge < -0.3 is 5.73 Å². The van der Waals surface area contributed by atoms with Gasteiger partial charge in [0, 0.05) is 0 Å². The van der Waals surface area contributed by atoms with Crippen molar-refractivity contribution in [3.63, 3.8) is 0 Å². The molecule has 0 fully saturated rings. The van der Waals surface area contributed by atoms with Crippen LogP contribution in [-0.4, -0.2) is 0 Å². The molecule has 0 N–H and O–H groups in total. The van der Waals surface area contributed by atoms with Gasteiger partial charge in [0.1, 0.15) is 0 Å². The van der Waals surface area contributed by atoms with Gasteiger partial charge in [0.25, 0.3) is 0 Å². The Hall–Kier alpha value is 0.433. The first-order valence-electron chi connectivity index (χ1n) is 1.81. The summed E-state index contributed by atoms with van der Waals surface area (Å²) in [5, 5.41) is 0. The fraction of sp³-hybridized carbons (Fsp3) is 0.400. The average Bonchev–Trinajstić information content (AvgIpc) is 1.73. The van der Waals surface area contributed by atoms with Gasteiger partial charge in [-0.1, -0.05) is 0 Å². The number of allylic oxidation sites excluding steroid dienone is 1. The van der Waals surface area contributed by atoms with Gasteiger partial charge in [-0.3, -0.25) is 0 Å². The molecule has 0 aliphatic carbocycles. The Kier molecular flexibility index (Phi) is 14.4. The predicted octanol–water partition coefficient (Wildman–Crippen LogP) is 2.23. The van der Waals surface area contributed by atoms with Crippen LogP contribution in [0, 0.1) is 6.58 Å². The standard InChI is InChI=1S/C5H7.ClH.Zn/c1-4-5(2)3;;/h1H,2-3H3;1H;/q-1;;+2/p-1. The van der Waals surface area contributed by atoms with Gasteiger partial charge in [0.2, 0.25) is 0 Å². The van der Waals surface area contributed by atoms with Crippen LogP contribution in [0.25, 0.3) is 0 Å². The minimum atomic E-state index is 0.847. The molecular formula is C5H7ClZn. The SMILES string of the molecule is [CH-]=C=C(C)C.[Cl][Zn+]. The van der Waals surface area contributed by atoms with Crippen LogP contribution in [-0.2, 0) is 17.3 Å². The van der Waals surface area contributed by atoms with Crippen LogP contribution in [0.5, 0.6) is 0 Å². The maximum absolute atomic E-state index is 4.88. The summed E-state index contributed by atoms with van der Waals surface area (Å²) >= 11 is 0.847. The van der Waals surface area contributed by atoms with Crippen LogP contribution >= 0.6 is 9.69 Å². The van der Waals surface area contributed by atoms with Crippen molar-refractivity contribution >= 4 is 9.69 Å². The first kappa shape index (κ1) is 10.4. The summed E-state index contributed by atoms with van der Waals surface area (Å²) in [4.78, 5) is 0. The molecule has 0 atom stereocenters. The average molecular weight is 168 g/mol. The van der Waals surface area contributed by atoms with E-state index in [1.807, 2.05) is 13.8 Å². The molecule has 0 aliphatic rings. The van der Waals surface area contributed by atoms with Gasteiger partial charge in [0.15, 0.2) is 0 Å². The van der Waals surface area contributed by atoms with Crippen molar-refractivity contribution in [2.24, 2.45) is 0 Å². The third-order valence-corrected chi connectivity index (χ3v) is 0.289. The van der Waals surface area contributed by atoms with E-state index in [1.54, 1.807) is 0 Å². The molecule has 0 aromatic heterocycles. The van der Waals surface area contributed by atoms with Crippen LogP contribution in [0.2, 0.25) is 0 Å². The van der Waals surface area contributed by atoms with Gasteiger partial charge in [-0.2, -0.15) is 5.57 Å². The molecule has 36 valence electrons. The number of halogens is 1. The number of hydrogen-bond donors (Lipinski definition) is 0. The van der Waals surface area contributed by atoms with E-state index in [0.717, 1.165) is 22.9 Å². The van der Waals surface area contributed by atoms with E-state index in [0.29, 0.717) is 0 Å². The van der Waals surface area contributed by atoms with Gasteiger partial charge in [-0.15, -0.1) is 13.8 Å². The monoisotopic (exact) mass is 166 g/mol. The van der Waals surface area contributed by atoms with E-state index in [9.17, 15) is 0 Å². The van der Waals surface area contributed by atoms with Crippen molar-refractivity contribution in [3.05, 3.63) is 17.9 Å². The second kappa shape index (κ2) is 9.66. The molecule has 0 aromatic carbocycles. The quantitative estimate of drug-likeness (QED) is 0.295. The van der Waals surface area contributed by atoms with Crippen molar-refractivity contribution in [2.45, 2.75) is 13.8 Å². The molecule has 0 aromatic rings. The first-order valence-corrected chi connectivity index (χ1v) is 5.70. The molecule has 0 spiro atoms. The molecule has 2 heteroatoms. The van der Waals surface area contributed by atoms with Crippen molar-refractivity contribution in [1.82, 2.24) is 0 Å². The van der Waals surface area contributed by atoms with Gasteiger partial charge >= 0.3 is 27.0 Å². The Morgan fingerprint density at radius 1 is 1.57 bits per heavy atom. The zero-order chi connectivity index (χ0) is 6.28. The van der Waals surface area contributed by atoms with Gasteiger partial charge in [-0.05, 0) is 0 Å². The van der Waals surface area contributed by atoms with Crippen molar-refractivity contribution < 1.29 is 17.3 Å². The Morgan fingerprint density at radius 3 is 1.71 bits per heavy atom. The first-order chi connectivity index (χ1) is 3.27.